The highest BCUT2D eigenvalue weighted by atomic mass is 16.5. The summed E-state index contributed by atoms with van der Waals surface area (Å²) in [5, 5.41) is 6.72. The highest BCUT2D eigenvalue weighted by Gasteiger charge is 2.22. The number of carbonyl (C=O) groups excluding carboxylic acids is 1. The maximum atomic E-state index is 12.0. The van der Waals surface area contributed by atoms with E-state index in [2.05, 4.69) is 17.6 Å². The van der Waals surface area contributed by atoms with Gasteiger partial charge in [0.15, 0.2) is 17.5 Å². The lowest BCUT2D eigenvalue weighted by molar-refractivity contribution is -0.127. The van der Waals surface area contributed by atoms with E-state index >= 15 is 0 Å². The van der Waals surface area contributed by atoms with Crippen molar-refractivity contribution in [3.8, 4) is 11.5 Å². The molecule has 28 heavy (non-hydrogen) atoms. The van der Waals surface area contributed by atoms with Gasteiger partial charge in [-0.25, -0.2) is 4.99 Å². The number of hydrogen-bond acceptors (Lipinski definition) is 4. The van der Waals surface area contributed by atoms with Crippen molar-refractivity contribution in [2.75, 3.05) is 34.9 Å². The molecule has 0 radical (unpaired) electrons. The molecule has 0 bridgehead atoms. The third-order valence-electron chi connectivity index (χ3n) is 5.21. The van der Waals surface area contributed by atoms with Crippen molar-refractivity contribution in [2.24, 2.45) is 10.9 Å². The maximum absolute atomic E-state index is 12.0. The van der Waals surface area contributed by atoms with Crippen LogP contribution in [0.3, 0.4) is 0 Å². The SMILES string of the molecule is COc1ccc(CN=C(NCC(=O)N(C)C)NC2CCCCC2C)cc1OC. The summed E-state index contributed by atoms with van der Waals surface area (Å²) >= 11 is 0. The minimum atomic E-state index is 0.0114. The molecule has 1 fully saturated rings. The molecule has 1 aliphatic carbocycles. The van der Waals surface area contributed by atoms with Crippen molar-refractivity contribution in [1.29, 1.82) is 0 Å². The predicted molar refractivity (Wildman–Crippen MR) is 112 cm³/mol. The number of likely N-dealkylation sites (N-methyl/N-ethyl adjacent to an activating group) is 1. The number of ether oxygens (including phenoxy) is 2. The lowest BCUT2D eigenvalue weighted by atomic mass is 9.86. The van der Waals surface area contributed by atoms with Gasteiger partial charge in [0.05, 0.1) is 27.3 Å². The van der Waals surface area contributed by atoms with Gasteiger partial charge in [-0.15, -0.1) is 0 Å². The molecule has 1 saturated carbocycles. The van der Waals surface area contributed by atoms with Crippen LogP contribution in [0.25, 0.3) is 0 Å². The summed E-state index contributed by atoms with van der Waals surface area (Å²) in [5.74, 6) is 2.65. The Kier molecular flexibility index (Phi) is 8.42. The number of hydrogen-bond donors (Lipinski definition) is 2. The molecule has 0 saturated heterocycles. The number of rotatable bonds is 7. The Bertz CT molecular complexity index is 676. The molecule has 7 nitrogen and oxygen atoms in total. The Morgan fingerprint density at radius 3 is 2.54 bits per heavy atom. The van der Waals surface area contributed by atoms with Crippen molar-refractivity contribution in [1.82, 2.24) is 15.5 Å². The minimum Gasteiger partial charge on any atom is -0.493 e. The molecule has 0 aliphatic heterocycles. The van der Waals surface area contributed by atoms with Gasteiger partial charge in [-0.05, 0) is 36.5 Å². The van der Waals surface area contributed by atoms with E-state index in [-0.39, 0.29) is 12.5 Å². The average molecular weight is 391 g/mol. The Morgan fingerprint density at radius 2 is 1.89 bits per heavy atom. The van der Waals surface area contributed by atoms with E-state index in [0.29, 0.717) is 36.0 Å². The van der Waals surface area contributed by atoms with Crippen LogP contribution >= 0.6 is 0 Å². The number of amides is 1. The summed E-state index contributed by atoms with van der Waals surface area (Å²) in [6.07, 6.45) is 4.85. The van der Waals surface area contributed by atoms with Gasteiger partial charge in [0, 0.05) is 20.1 Å². The molecular formula is C21H34N4O3. The van der Waals surface area contributed by atoms with Crippen LogP contribution in [-0.2, 0) is 11.3 Å². The topological polar surface area (TPSA) is 75.2 Å². The molecule has 0 spiro atoms. The number of aliphatic imine (C=N–C) groups is 1. The third-order valence-corrected chi connectivity index (χ3v) is 5.21. The van der Waals surface area contributed by atoms with Gasteiger partial charge in [-0.3, -0.25) is 4.79 Å². The summed E-state index contributed by atoms with van der Waals surface area (Å²) in [6.45, 7) is 2.96. The monoisotopic (exact) mass is 390 g/mol. The lowest BCUT2D eigenvalue weighted by Gasteiger charge is -2.31. The highest BCUT2D eigenvalue weighted by molar-refractivity contribution is 5.86. The standard InChI is InChI=1S/C21H34N4O3/c1-15-8-6-7-9-17(15)24-21(23-14-20(26)25(2)3)22-13-16-10-11-18(27-4)19(12-16)28-5/h10-12,15,17H,6-9,13-14H2,1-5H3,(H2,22,23,24). The second kappa shape index (κ2) is 10.8. The first-order chi connectivity index (χ1) is 13.4. The fourth-order valence-electron chi connectivity index (χ4n) is 3.33. The van der Waals surface area contributed by atoms with Crippen molar-refractivity contribution >= 4 is 11.9 Å². The van der Waals surface area contributed by atoms with Crippen LogP contribution in [-0.4, -0.2) is 57.7 Å². The summed E-state index contributed by atoms with van der Waals surface area (Å²) in [5.41, 5.74) is 1.01. The molecule has 0 aromatic heterocycles. The number of benzene rings is 1. The molecule has 0 heterocycles. The van der Waals surface area contributed by atoms with Crippen LogP contribution in [0.2, 0.25) is 0 Å². The maximum Gasteiger partial charge on any atom is 0.241 e. The lowest BCUT2D eigenvalue weighted by Crippen LogP contribution is -2.49. The Hall–Kier alpha value is -2.44. The van der Waals surface area contributed by atoms with Crippen LogP contribution < -0.4 is 20.1 Å². The van der Waals surface area contributed by atoms with Crippen LogP contribution in [0.1, 0.15) is 38.2 Å². The van der Waals surface area contributed by atoms with E-state index in [4.69, 9.17) is 14.5 Å². The van der Waals surface area contributed by atoms with Crippen LogP contribution in [0.15, 0.2) is 23.2 Å². The van der Waals surface area contributed by atoms with Crippen molar-refractivity contribution in [2.45, 2.75) is 45.2 Å². The quantitative estimate of drug-likeness (QED) is 0.552. The third kappa shape index (κ3) is 6.32. The van der Waals surface area contributed by atoms with Gasteiger partial charge >= 0.3 is 0 Å². The van der Waals surface area contributed by atoms with E-state index in [1.54, 1.807) is 33.2 Å². The number of nitrogens with one attached hydrogen (secondary N) is 2. The van der Waals surface area contributed by atoms with Gasteiger partial charge in [0.25, 0.3) is 0 Å². The molecule has 2 rings (SSSR count). The van der Waals surface area contributed by atoms with Gasteiger partial charge < -0.3 is 25.0 Å². The van der Waals surface area contributed by atoms with Crippen LogP contribution in [0.4, 0.5) is 0 Å². The second-order valence-electron chi connectivity index (χ2n) is 7.51. The number of carbonyl (C=O) groups is 1. The first-order valence-electron chi connectivity index (χ1n) is 9.90. The zero-order valence-corrected chi connectivity index (χ0v) is 17.7. The molecule has 1 aromatic rings. The zero-order chi connectivity index (χ0) is 20.5. The summed E-state index contributed by atoms with van der Waals surface area (Å²) in [4.78, 5) is 18.3. The number of nitrogens with zero attached hydrogens (tertiary/aromatic N) is 2. The Labute approximate surface area is 168 Å². The normalized spacial score (nSPS) is 19.7. The highest BCUT2D eigenvalue weighted by Crippen LogP contribution is 2.28. The molecular weight excluding hydrogens is 356 g/mol. The average Bonchev–Trinajstić information content (AvgIpc) is 2.70. The molecule has 2 unspecified atom stereocenters. The predicted octanol–water partition coefficient (Wildman–Crippen LogP) is 2.41. The molecule has 7 heteroatoms. The van der Waals surface area contributed by atoms with Gasteiger partial charge in [-0.2, -0.15) is 0 Å². The molecule has 156 valence electrons. The van der Waals surface area contributed by atoms with Gasteiger partial charge in [-0.1, -0.05) is 25.8 Å². The van der Waals surface area contributed by atoms with Gasteiger partial charge in [0.1, 0.15) is 0 Å². The number of methoxy groups -OCH3 is 2. The molecule has 2 atom stereocenters. The van der Waals surface area contributed by atoms with Crippen LogP contribution in [0, 0.1) is 5.92 Å². The molecule has 1 aliphatic rings. The van der Waals surface area contributed by atoms with E-state index in [1.807, 2.05) is 18.2 Å². The van der Waals surface area contributed by atoms with Crippen molar-refractivity contribution in [3.63, 3.8) is 0 Å². The van der Waals surface area contributed by atoms with Crippen LogP contribution in [0.5, 0.6) is 11.5 Å². The summed E-state index contributed by atoms with van der Waals surface area (Å²) in [7, 11) is 6.74. The molecule has 2 N–H and O–H groups in total. The van der Waals surface area contributed by atoms with E-state index < -0.39 is 0 Å². The second-order valence-corrected chi connectivity index (χ2v) is 7.51. The summed E-state index contributed by atoms with van der Waals surface area (Å²) in [6, 6.07) is 6.15. The first kappa shape index (κ1) is 21.9. The van der Waals surface area contributed by atoms with Crippen molar-refractivity contribution < 1.29 is 14.3 Å². The summed E-state index contributed by atoms with van der Waals surface area (Å²) < 4.78 is 10.7. The largest absolute Gasteiger partial charge is 0.493 e. The number of guanidine groups is 1. The van der Waals surface area contributed by atoms with Crippen molar-refractivity contribution in [3.05, 3.63) is 23.8 Å². The Morgan fingerprint density at radius 1 is 1.18 bits per heavy atom. The molecule has 1 aromatic carbocycles. The molecule has 1 amide bonds. The fourth-order valence-corrected chi connectivity index (χ4v) is 3.33. The fraction of sp³-hybridized carbons (Fsp3) is 0.619. The smallest absolute Gasteiger partial charge is 0.241 e. The Balaban J connectivity index is 2.11. The van der Waals surface area contributed by atoms with E-state index in [0.717, 1.165) is 12.0 Å². The van der Waals surface area contributed by atoms with E-state index in [1.165, 1.54) is 19.3 Å². The minimum absolute atomic E-state index is 0.0114. The van der Waals surface area contributed by atoms with Gasteiger partial charge in [0.2, 0.25) is 5.91 Å². The first-order valence-corrected chi connectivity index (χ1v) is 9.90. The van der Waals surface area contributed by atoms with E-state index in [9.17, 15) is 4.79 Å². The zero-order valence-electron chi connectivity index (χ0n) is 17.7.